The van der Waals surface area contributed by atoms with Crippen molar-refractivity contribution in [3.05, 3.63) is 35.9 Å². The first-order valence-corrected chi connectivity index (χ1v) is 9.50. The lowest BCUT2D eigenvalue weighted by Gasteiger charge is -2.28. The standard InChI is InChI=1S/C20H31NO4/c1-2-9-18(21-25-19-14-6-7-15-24-19)17(20(22)23)13-8-12-16-10-4-3-5-11-16/h3-5,10-11,17-19,21H,2,6-9,12-15H2,1H3,(H,22,23)/t17-,18+,19?/m1/s1. The molecule has 1 aromatic carbocycles. The van der Waals surface area contributed by atoms with Gasteiger partial charge in [0.1, 0.15) is 0 Å². The zero-order valence-electron chi connectivity index (χ0n) is 15.2. The maximum atomic E-state index is 11.8. The van der Waals surface area contributed by atoms with E-state index in [1.54, 1.807) is 0 Å². The van der Waals surface area contributed by atoms with E-state index in [1.165, 1.54) is 5.56 Å². The Bertz CT molecular complexity index is 488. The summed E-state index contributed by atoms with van der Waals surface area (Å²) in [6.45, 7) is 2.78. The lowest BCUT2D eigenvalue weighted by atomic mass is 9.90. The zero-order chi connectivity index (χ0) is 17.9. The van der Waals surface area contributed by atoms with E-state index in [0.717, 1.165) is 44.9 Å². The van der Waals surface area contributed by atoms with Gasteiger partial charge in [-0.1, -0.05) is 43.7 Å². The Kier molecular flexibility index (Phi) is 8.94. The second-order valence-corrected chi connectivity index (χ2v) is 6.75. The van der Waals surface area contributed by atoms with Crippen LogP contribution in [0.2, 0.25) is 0 Å². The van der Waals surface area contributed by atoms with Crippen molar-refractivity contribution in [2.24, 2.45) is 5.92 Å². The molecule has 1 unspecified atom stereocenters. The summed E-state index contributed by atoms with van der Waals surface area (Å²) >= 11 is 0. The van der Waals surface area contributed by atoms with Crippen molar-refractivity contribution in [2.75, 3.05) is 6.61 Å². The first kappa shape index (κ1) is 19.9. The molecule has 3 atom stereocenters. The van der Waals surface area contributed by atoms with Crippen LogP contribution in [0.3, 0.4) is 0 Å². The highest BCUT2D eigenvalue weighted by Crippen LogP contribution is 2.20. The van der Waals surface area contributed by atoms with Gasteiger partial charge in [0.2, 0.25) is 0 Å². The minimum Gasteiger partial charge on any atom is -0.481 e. The Hall–Kier alpha value is -1.43. The Labute approximate surface area is 150 Å². The van der Waals surface area contributed by atoms with Crippen LogP contribution in [0.15, 0.2) is 30.3 Å². The van der Waals surface area contributed by atoms with Crippen LogP contribution < -0.4 is 5.48 Å². The van der Waals surface area contributed by atoms with Gasteiger partial charge in [-0.25, -0.2) is 0 Å². The van der Waals surface area contributed by atoms with Crippen molar-refractivity contribution in [1.29, 1.82) is 0 Å². The number of aryl methyl sites for hydroxylation is 1. The van der Waals surface area contributed by atoms with E-state index in [4.69, 9.17) is 9.57 Å². The number of rotatable bonds is 11. The first-order chi connectivity index (χ1) is 12.2. The van der Waals surface area contributed by atoms with Gasteiger partial charge in [-0.3, -0.25) is 9.63 Å². The number of hydroxylamine groups is 1. The molecular formula is C20H31NO4. The molecule has 0 aliphatic carbocycles. The molecular weight excluding hydrogens is 318 g/mol. The van der Waals surface area contributed by atoms with Gasteiger partial charge >= 0.3 is 5.97 Å². The topological polar surface area (TPSA) is 67.8 Å². The Morgan fingerprint density at radius 1 is 1.32 bits per heavy atom. The molecule has 5 nitrogen and oxygen atoms in total. The number of aliphatic carboxylic acids is 1. The van der Waals surface area contributed by atoms with Crippen molar-refractivity contribution in [2.45, 2.75) is 70.6 Å². The van der Waals surface area contributed by atoms with Crippen LogP contribution in [0.25, 0.3) is 0 Å². The number of carboxylic acid groups (broad SMARTS) is 1. The van der Waals surface area contributed by atoms with Crippen LogP contribution in [-0.2, 0) is 20.8 Å². The molecule has 0 radical (unpaired) electrons. The minimum absolute atomic E-state index is 0.191. The molecule has 0 spiro atoms. The van der Waals surface area contributed by atoms with Gasteiger partial charge < -0.3 is 9.84 Å². The fourth-order valence-electron chi connectivity index (χ4n) is 3.29. The zero-order valence-corrected chi connectivity index (χ0v) is 15.2. The molecule has 140 valence electrons. The summed E-state index contributed by atoms with van der Waals surface area (Å²) in [5, 5.41) is 9.68. The van der Waals surface area contributed by atoms with Crippen molar-refractivity contribution in [3.63, 3.8) is 0 Å². The van der Waals surface area contributed by atoms with E-state index in [1.807, 2.05) is 18.2 Å². The van der Waals surface area contributed by atoms with Crippen molar-refractivity contribution >= 4 is 5.97 Å². The van der Waals surface area contributed by atoms with Crippen LogP contribution in [-0.4, -0.2) is 30.0 Å². The molecule has 1 aliphatic rings. The molecule has 0 aromatic heterocycles. The number of carbonyl (C=O) groups is 1. The molecule has 1 aromatic rings. The third-order valence-electron chi connectivity index (χ3n) is 4.71. The maximum Gasteiger partial charge on any atom is 0.308 e. The van der Waals surface area contributed by atoms with Gasteiger partial charge in [0.05, 0.1) is 5.92 Å². The molecule has 1 fully saturated rings. The van der Waals surface area contributed by atoms with Gasteiger partial charge in [-0.2, -0.15) is 5.48 Å². The van der Waals surface area contributed by atoms with E-state index in [0.29, 0.717) is 13.0 Å². The maximum absolute atomic E-state index is 11.8. The summed E-state index contributed by atoms with van der Waals surface area (Å²) < 4.78 is 5.55. The largest absolute Gasteiger partial charge is 0.481 e. The molecule has 1 aliphatic heterocycles. The number of benzene rings is 1. The average molecular weight is 349 g/mol. The van der Waals surface area contributed by atoms with E-state index in [2.05, 4.69) is 24.5 Å². The van der Waals surface area contributed by atoms with E-state index in [-0.39, 0.29) is 12.3 Å². The van der Waals surface area contributed by atoms with Gasteiger partial charge in [-0.05, 0) is 44.1 Å². The molecule has 0 amide bonds. The van der Waals surface area contributed by atoms with Crippen LogP contribution in [0.5, 0.6) is 0 Å². The fourth-order valence-corrected chi connectivity index (χ4v) is 3.29. The summed E-state index contributed by atoms with van der Waals surface area (Å²) in [4.78, 5) is 17.4. The molecule has 25 heavy (non-hydrogen) atoms. The quantitative estimate of drug-likeness (QED) is 0.593. The van der Waals surface area contributed by atoms with Gasteiger partial charge in [0.15, 0.2) is 6.29 Å². The highest BCUT2D eigenvalue weighted by atomic mass is 16.8. The predicted octanol–water partition coefficient (Wildman–Crippen LogP) is 3.93. The third kappa shape index (κ3) is 7.14. The molecule has 0 bridgehead atoms. The summed E-state index contributed by atoms with van der Waals surface area (Å²) in [7, 11) is 0. The fraction of sp³-hybridized carbons (Fsp3) is 0.650. The smallest absolute Gasteiger partial charge is 0.308 e. The van der Waals surface area contributed by atoms with Crippen LogP contribution in [0, 0.1) is 5.92 Å². The predicted molar refractivity (Wildman–Crippen MR) is 97.0 cm³/mol. The van der Waals surface area contributed by atoms with Crippen LogP contribution in [0.4, 0.5) is 0 Å². The van der Waals surface area contributed by atoms with Gasteiger partial charge in [0, 0.05) is 19.1 Å². The second-order valence-electron chi connectivity index (χ2n) is 6.75. The Balaban J connectivity index is 1.84. The second kappa shape index (κ2) is 11.2. The van der Waals surface area contributed by atoms with Crippen LogP contribution >= 0.6 is 0 Å². The number of carboxylic acids is 1. The normalized spacial score (nSPS) is 20.1. The van der Waals surface area contributed by atoms with E-state index >= 15 is 0 Å². The summed E-state index contributed by atoms with van der Waals surface area (Å²) in [5.41, 5.74) is 4.26. The van der Waals surface area contributed by atoms with E-state index < -0.39 is 11.9 Å². The molecule has 1 heterocycles. The van der Waals surface area contributed by atoms with Crippen LogP contribution in [0.1, 0.15) is 57.4 Å². The summed E-state index contributed by atoms with van der Waals surface area (Å²) in [6.07, 6.45) is 6.82. The highest BCUT2D eigenvalue weighted by molar-refractivity contribution is 5.70. The summed E-state index contributed by atoms with van der Waals surface area (Å²) in [6, 6.07) is 10.0. The number of hydrogen-bond donors (Lipinski definition) is 2. The SMILES string of the molecule is CCC[C@H](NOC1CCCCO1)[C@@H](CCCc1ccccc1)C(=O)O. The molecule has 1 saturated heterocycles. The highest BCUT2D eigenvalue weighted by Gasteiger charge is 2.28. The molecule has 2 N–H and O–H groups in total. The van der Waals surface area contributed by atoms with Gasteiger partial charge in [-0.15, -0.1) is 0 Å². The monoisotopic (exact) mass is 349 g/mol. The van der Waals surface area contributed by atoms with Gasteiger partial charge in [0.25, 0.3) is 0 Å². The Morgan fingerprint density at radius 3 is 2.76 bits per heavy atom. The third-order valence-corrected chi connectivity index (χ3v) is 4.71. The first-order valence-electron chi connectivity index (χ1n) is 9.50. The molecule has 0 saturated carbocycles. The lowest BCUT2D eigenvalue weighted by Crippen LogP contribution is -2.43. The summed E-state index contributed by atoms with van der Waals surface area (Å²) in [5.74, 6) is -1.21. The number of hydrogen-bond acceptors (Lipinski definition) is 4. The van der Waals surface area contributed by atoms with Crippen molar-refractivity contribution in [3.8, 4) is 0 Å². The Morgan fingerprint density at radius 2 is 2.12 bits per heavy atom. The van der Waals surface area contributed by atoms with Crippen molar-refractivity contribution < 1.29 is 19.5 Å². The molecule has 2 rings (SSSR count). The molecule has 5 heteroatoms. The minimum atomic E-state index is -0.757. The van der Waals surface area contributed by atoms with Crippen molar-refractivity contribution in [1.82, 2.24) is 5.48 Å². The number of ether oxygens (including phenoxy) is 1. The lowest BCUT2D eigenvalue weighted by molar-refractivity contribution is -0.208. The van der Waals surface area contributed by atoms with E-state index in [9.17, 15) is 9.90 Å². The number of nitrogens with one attached hydrogen (secondary N) is 1. The average Bonchev–Trinajstić information content (AvgIpc) is 2.64.